The number of rotatable bonds is 5. The third kappa shape index (κ3) is 3.42. The van der Waals surface area contributed by atoms with Gasteiger partial charge in [-0.1, -0.05) is 6.92 Å². The molecule has 7 heteroatoms. The maximum absolute atomic E-state index is 12.7. The normalized spacial score (nSPS) is 24.7. The Morgan fingerprint density at radius 1 is 1.17 bits per heavy atom. The zero-order valence-electron chi connectivity index (χ0n) is 14.1. The summed E-state index contributed by atoms with van der Waals surface area (Å²) in [6.45, 7) is 6.14. The Morgan fingerprint density at radius 3 is 2.25 bits per heavy atom. The number of benzene rings is 1. The second-order valence-electron chi connectivity index (χ2n) is 6.45. The zero-order chi connectivity index (χ0) is 17.3. The zero-order valence-corrected chi connectivity index (χ0v) is 15.0. The van der Waals surface area contributed by atoms with E-state index in [9.17, 15) is 13.2 Å². The van der Waals surface area contributed by atoms with Crippen molar-refractivity contribution in [1.82, 2.24) is 9.21 Å². The topological polar surface area (TPSA) is 66.9 Å². The van der Waals surface area contributed by atoms with Crippen LogP contribution in [0.3, 0.4) is 0 Å². The van der Waals surface area contributed by atoms with Gasteiger partial charge in [0.25, 0.3) is 0 Å². The summed E-state index contributed by atoms with van der Waals surface area (Å²) in [6, 6.07) is 6.49. The summed E-state index contributed by atoms with van der Waals surface area (Å²) in [5, 5.41) is 0. The number of hydrogen-bond donors (Lipinski definition) is 0. The lowest BCUT2D eigenvalue weighted by Gasteiger charge is -2.34. The van der Waals surface area contributed by atoms with Crippen LogP contribution < -0.4 is 4.74 Å². The number of sulfonamides is 1. The molecule has 132 valence electrons. The molecule has 1 heterocycles. The van der Waals surface area contributed by atoms with Crippen molar-refractivity contribution in [3.05, 3.63) is 24.3 Å². The molecule has 3 rings (SSSR count). The van der Waals surface area contributed by atoms with Crippen LogP contribution in [0.5, 0.6) is 5.75 Å². The molecule has 2 atom stereocenters. The van der Waals surface area contributed by atoms with E-state index in [1.165, 1.54) is 4.31 Å². The summed E-state index contributed by atoms with van der Waals surface area (Å²) >= 11 is 0. The van der Waals surface area contributed by atoms with E-state index in [0.717, 1.165) is 6.42 Å². The highest BCUT2D eigenvalue weighted by Crippen LogP contribution is 2.39. The average Bonchev–Trinajstić information content (AvgIpc) is 3.32. The standard InChI is InChI=1S/C17H24N2O4S/c1-3-23-14-4-6-15(7-5-14)24(21,22)19-10-8-18(9-11-19)17(20)16-12-13(16)2/h4-7,13,16H,3,8-12H2,1-2H3/t13-,16-/m0/s1. The van der Waals surface area contributed by atoms with Crippen molar-refractivity contribution in [3.8, 4) is 5.75 Å². The lowest BCUT2D eigenvalue weighted by Crippen LogP contribution is -2.51. The van der Waals surface area contributed by atoms with Gasteiger partial charge in [0.2, 0.25) is 15.9 Å². The van der Waals surface area contributed by atoms with Crippen LogP contribution >= 0.6 is 0 Å². The minimum Gasteiger partial charge on any atom is -0.494 e. The lowest BCUT2D eigenvalue weighted by molar-refractivity contribution is -0.134. The minimum absolute atomic E-state index is 0.152. The summed E-state index contributed by atoms with van der Waals surface area (Å²) in [7, 11) is -3.52. The molecular formula is C17H24N2O4S. The molecule has 0 bridgehead atoms. The predicted octanol–water partition coefficient (Wildman–Crippen LogP) is 1.57. The minimum atomic E-state index is -3.52. The third-order valence-corrected chi connectivity index (χ3v) is 6.66. The fraction of sp³-hybridized carbons (Fsp3) is 0.588. The molecule has 0 aromatic heterocycles. The van der Waals surface area contributed by atoms with Gasteiger partial charge in [0.15, 0.2) is 0 Å². The molecule has 0 spiro atoms. The van der Waals surface area contributed by atoms with Crippen LogP contribution in [0, 0.1) is 11.8 Å². The molecule has 24 heavy (non-hydrogen) atoms. The molecule has 2 fully saturated rings. The number of hydrogen-bond acceptors (Lipinski definition) is 4. The highest BCUT2D eigenvalue weighted by molar-refractivity contribution is 7.89. The molecule has 0 N–H and O–H groups in total. The number of carbonyl (C=O) groups is 1. The van der Waals surface area contributed by atoms with Crippen LogP contribution in [-0.4, -0.2) is 56.3 Å². The number of nitrogens with zero attached hydrogens (tertiary/aromatic N) is 2. The molecule has 0 unspecified atom stereocenters. The van der Waals surface area contributed by atoms with Gasteiger partial charge in [-0.15, -0.1) is 0 Å². The smallest absolute Gasteiger partial charge is 0.243 e. The van der Waals surface area contributed by atoms with Crippen molar-refractivity contribution in [2.45, 2.75) is 25.2 Å². The summed E-state index contributed by atoms with van der Waals surface area (Å²) in [5.74, 6) is 1.47. The molecule has 1 saturated heterocycles. The Kier molecular flexibility index (Phi) is 4.83. The molecule has 1 aromatic carbocycles. The van der Waals surface area contributed by atoms with E-state index >= 15 is 0 Å². The second kappa shape index (κ2) is 6.72. The third-order valence-electron chi connectivity index (χ3n) is 4.75. The van der Waals surface area contributed by atoms with E-state index < -0.39 is 10.0 Å². The molecule has 0 radical (unpaired) electrons. The summed E-state index contributed by atoms with van der Waals surface area (Å²) in [5.41, 5.74) is 0. The number of amides is 1. The van der Waals surface area contributed by atoms with Crippen LogP contribution in [0.4, 0.5) is 0 Å². The largest absolute Gasteiger partial charge is 0.494 e. The monoisotopic (exact) mass is 352 g/mol. The lowest BCUT2D eigenvalue weighted by atomic mass is 10.2. The van der Waals surface area contributed by atoms with Crippen LogP contribution in [0.2, 0.25) is 0 Å². The summed E-state index contributed by atoms with van der Waals surface area (Å²) in [4.78, 5) is 14.3. The first-order valence-electron chi connectivity index (χ1n) is 8.45. The van der Waals surface area contributed by atoms with E-state index in [4.69, 9.17) is 4.74 Å². The first kappa shape index (κ1) is 17.2. The highest BCUT2D eigenvalue weighted by Gasteiger charge is 2.42. The average molecular weight is 352 g/mol. The number of piperazine rings is 1. The second-order valence-corrected chi connectivity index (χ2v) is 8.39. The quantitative estimate of drug-likeness (QED) is 0.807. The Hall–Kier alpha value is -1.60. The van der Waals surface area contributed by atoms with Gasteiger partial charge in [-0.2, -0.15) is 4.31 Å². The van der Waals surface area contributed by atoms with Gasteiger partial charge in [-0.3, -0.25) is 4.79 Å². The van der Waals surface area contributed by atoms with Gasteiger partial charge in [0, 0.05) is 32.1 Å². The van der Waals surface area contributed by atoms with Crippen LogP contribution in [0.25, 0.3) is 0 Å². The molecule has 6 nitrogen and oxygen atoms in total. The summed E-state index contributed by atoms with van der Waals surface area (Å²) in [6.07, 6.45) is 0.962. The number of ether oxygens (including phenoxy) is 1. The first-order valence-corrected chi connectivity index (χ1v) is 9.89. The van der Waals surface area contributed by atoms with E-state index in [1.807, 2.05) is 6.92 Å². The Bertz CT molecular complexity index is 694. The van der Waals surface area contributed by atoms with Crippen molar-refractivity contribution in [2.24, 2.45) is 11.8 Å². The van der Waals surface area contributed by atoms with E-state index in [0.29, 0.717) is 44.5 Å². The Labute approximate surface area is 143 Å². The van der Waals surface area contributed by atoms with Crippen molar-refractivity contribution in [2.75, 3.05) is 32.8 Å². The van der Waals surface area contributed by atoms with E-state index in [1.54, 1.807) is 29.2 Å². The fourth-order valence-electron chi connectivity index (χ4n) is 3.07. The number of carbonyl (C=O) groups excluding carboxylic acids is 1. The Morgan fingerprint density at radius 2 is 1.75 bits per heavy atom. The van der Waals surface area contributed by atoms with Gasteiger partial charge < -0.3 is 9.64 Å². The maximum Gasteiger partial charge on any atom is 0.243 e. The van der Waals surface area contributed by atoms with Gasteiger partial charge in [0.05, 0.1) is 11.5 Å². The maximum atomic E-state index is 12.7. The predicted molar refractivity (Wildman–Crippen MR) is 90.2 cm³/mol. The molecule has 1 aromatic rings. The van der Waals surface area contributed by atoms with Crippen LogP contribution in [0.1, 0.15) is 20.3 Å². The van der Waals surface area contributed by atoms with E-state index in [2.05, 4.69) is 6.92 Å². The van der Waals surface area contributed by atoms with Crippen LogP contribution in [0.15, 0.2) is 29.2 Å². The Balaban J connectivity index is 1.63. The molecule has 1 amide bonds. The van der Waals surface area contributed by atoms with Gasteiger partial charge in [-0.25, -0.2) is 8.42 Å². The molecule has 1 saturated carbocycles. The highest BCUT2D eigenvalue weighted by atomic mass is 32.2. The molecule has 1 aliphatic carbocycles. The van der Waals surface area contributed by atoms with Crippen molar-refractivity contribution < 1.29 is 17.9 Å². The molecule has 1 aliphatic heterocycles. The van der Waals surface area contributed by atoms with Crippen molar-refractivity contribution in [1.29, 1.82) is 0 Å². The van der Waals surface area contributed by atoms with Gasteiger partial charge >= 0.3 is 0 Å². The van der Waals surface area contributed by atoms with Crippen LogP contribution in [-0.2, 0) is 14.8 Å². The van der Waals surface area contributed by atoms with E-state index in [-0.39, 0.29) is 16.7 Å². The SMILES string of the molecule is CCOc1ccc(S(=O)(=O)N2CCN(C(=O)[C@H]3C[C@@H]3C)CC2)cc1. The van der Waals surface area contributed by atoms with Crippen molar-refractivity contribution >= 4 is 15.9 Å². The molecule has 2 aliphatic rings. The van der Waals surface area contributed by atoms with Crippen molar-refractivity contribution in [3.63, 3.8) is 0 Å². The van der Waals surface area contributed by atoms with Gasteiger partial charge in [-0.05, 0) is 43.5 Å². The fourth-order valence-corrected chi connectivity index (χ4v) is 4.50. The summed E-state index contributed by atoms with van der Waals surface area (Å²) < 4.78 is 32.2. The first-order chi connectivity index (χ1) is 11.4. The van der Waals surface area contributed by atoms with Gasteiger partial charge in [0.1, 0.15) is 5.75 Å². The molecular weight excluding hydrogens is 328 g/mol.